The summed E-state index contributed by atoms with van der Waals surface area (Å²) in [6.45, 7) is 0.978. The first-order valence-electron chi connectivity index (χ1n) is 15.2. The van der Waals surface area contributed by atoms with E-state index in [1.807, 2.05) is 97.1 Å². The molecule has 0 radical (unpaired) electrons. The highest BCUT2D eigenvalue weighted by Gasteiger charge is 2.43. The van der Waals surface area contributed by atoms with Gasteiger partial charge in [-0.15, -0.1) is 0 Å². The SMILES string of the molecule is COc1cc(/C=C/C(=O)C(Cc2ccccc2)(Cc2ccccc2)C(=O)/C=C/c2ccc(OCCBr)c(OC)c2)ccc1OCCBr. The van der Waals surface area contributed by atoms with Crippen LogP contribution in [-0.2, 0) is 22.4 Å². The number of rotatable bonds is 18. The number of allylic oxidation sites excluding steroid dienone is 2. The highest BCUT2D eigenvalue weighted by atomic mass is 79.9. The lowest BCUT2D eigenvalue weighted by atomic mass is 9.69. The molecule has 0 aromatic heterocycles. The van der Waals surface area contributed by atoms with Crippen LogP contribution in [-0.4, -0.2) is 49.7 Å². The van der Waals surface area contributed by atoms with Gasteiger partial charge in [0.05, 0.1) is 27.4 Å². The zero-order chi connectivity index (χ0) is 33.5. The molecular formula is C39H38Br2O6. The van der Waals surface area contributed by atoms with Crippen molar-refractivity contribution >= 4 is 55.6 Å². The summed E-state index contributed by atoms with van der Waals surface area (Å²) < 4.78 is 22.6. The summed E-state index contributed by atoms with van der Waals surface area (Å²) in [7, 11) is 3.15. The van der Waals surface area contributed by atoms with Crippen LogP contribution in [0.1, 0.15) is 22.3 Å². The van der Waals surface area contributed by atoms with Crippen molar-refractivity contribution in [3.63, 3.8) is 0 Å². The predicted octanol–water partition coefficient (Wildman–Crippen LogP) is 8.59. The number of halogens is 2. The third-order valence-electron chi connectivity index (χ3n) is 7.54. The van der Waals surface area contributed by atoms with Gasteiger partial charge in [0, 0.05) is 10.7 Å². The highest BCUT2D eigenvalue weighted by Crippen LogP contribution is 2.34. The summed E-state index contributed by atoms with van der Waals surface area (Å²) in [5.41, 5.74) is 1.84. The fourth-order valence-electron chi connectivity index (χ4n) is 5.20. The van der Waals surface area contributed by atoms with Gasteiger partial charge < -0.3 is 18.9 Å². The van der Waals surface area contributed by atoms with Crippen molar-refractivity contribution in [3.8, 4) is 23.0 Å². The summed E-state index contributed by atoms with van der Waals surface area (Å²) in [5.74, 6) is 1.73. The number of hydrogen-bond donors (Lipinski definition) is 0. The van der Waals surface area contributed by atoms with Crippen molar-refractivity contribution in [2.75, 3.05) is 38.1 Å². The van der Waals surface area contributed by atoms with Crippen molar-refractivity contribution in [1.29, 1.82) is 0 Å². The van der Waals surface area contributed by atoms with E-state index in [9.17, 15) is 9.59 Å². The Hall–Kier alpha value is -4.14. The van der Waals surface area contributed by atoms with Gasteiger partial charge in [0.25, 0.3) is 0 Å². The quantitative estimate of drug-likeness (QED) is 0.0575. The molecule has 0 aliphatic carbocycles. The van der Waals surface area contributed by atoms with Crippen molar-refractivity contribution in [3.05, 3.63) is 131 Å². The van der Waals surface area contributed by atoms with Gasteiger partial charge in [-0.25, -0.2) is 0 Å². The summed E-state index contributed by atoms with van der Waals surface area (Å²) in [5, 5.41) is 1.37. The second kappa shape index (κ2) is 18.3. The number of ether oxygens (including phenoxy) is 4. The van der Waals surface area contributed by atoms with E-state index in [1.54, 1.807) is 26.4 Å². The summed E-state index contributed by atoms with van der Waals surface area (Å²) in [6, 6.07) is 30.2. The van der Waals surface area contributed by atoms with Gasteiger partial charge >= 0.3 is 0 Å². The maximum Gasteiger partial charge on any atom is 0.170 e. The fourth-order valence-corrected chi connectivity index (χ4v) is 5.52. The second-order valence-electron chi connectivity index (χ2n) is 10.7. The number of benzene rings is 4. The van der Waals surface area contributed by atoms with E-state index >= 15 is 0 Å². The molecule has 4 aromatic rings. The fraction of sp³-hybridized carbons (Fsp3) is 0.231. The van der Waals surface area contributed by atoms with Gasteiger partial charge in [-0.05, 0) is 71.5 Å². The van der Waals surface area contributed by atoms with Crippen LogP contribution in [0.5, 0.6) is 23.0 Å². The smallest absolute Gasteiger partial charge is 0.170 e. The Kier molecular flexibility index (Phi) is 13.9. The zero-order valence-electron chi connectivity index (χ0n) is 26.5. The van der Waals surface area contributed by atoms with Crippen LogP contribution in [0.4, 0.5) is 0 Å². The van der Waals surface area contributed by atoms with Crippen LogP contribution in [0.2, 0.25) is 0 Å². The monoisotopic (exact) mass is 760 g/mol. The van der Waals surface area contributed by atoms with E-state index in [1.165, 1.54) is 12.2 Å². The van der Waals surface area contributed by atoms with E-state index in [0.29, 0.717) is 46.9 Å². The molecule has 0 bridgehead atoms. The molecule has 47 heavy (non-hydrogen) atoms. The molecule has 0 amide bonds. The largest absolute Gasteiger partial charge is 0.493 e. The zero-order valence-corrected chi connectivity index (χ0v) is 29.7. The first-order valence-corrected chi connectivity index (χ1v) is 17.4. The normalized spacial score (nSPS) is 11.5. The molecule has 6 nitrogen and oxygen atoms in total. The standard InChI is InChI=1S/C39H38Br2O6/c1-44-35-25-29(13-17-33(35)46-23-21-40)15-19-37(42)39(27-31-9-5-3-6-10-31,28-32-11-7-4-8-12-32)38(43)20-16-30-14-18-34(47-24-22-41)36(26-30)45-2/h3-20,25-26H,21-24,27-28H2,1-2H3/b19-15+,20-16+. The first kappa shape index (κ1) is 35.7. The van der Waals surface area contributed by atoms with E-state index in [-0.39, 0.29) is 24.4 Å². The maximum absolute atomic E-state index is 14.5. The lowest BCUT2D eigenvalue weighted by Crippen LogP contribution is -2.42. The average molecular weight is 763 g/mol. The Morgan fingerprint density at radius 2 is 1.00 bits per heavy atom. The van der Waals surface area contributed by atoms with Gasteiger partial charge in [-0.1, -0.05) is 117 Å². The summed E-state index contributed by atoms with van der Waals surface area (Å²) in [4.78, 5) is 28.9. The van der Waals surface area contributed by atoms with Crippen LogP contribution in [0.15, 0.2) is 109 Å². The predicted molar refractivity (Wildman–Crippen MR) is 195 cm³/mol. The summed E-state index contributed by atoms with van der Waals surface area (Å²) in [6.07, 6.45) is 6.89. The van der Waals surface area contributed by atoms with Crippen LogP contribution in [0.3, 0.4) is 0 Å². The molecule has 4 rings (SSSR count). The molecule has 4 aromatic carbocycles. The number of ketones is 2. The second-order valence-corrected chi connectivity index (χ2v) is 12.3. The van der Waals surface area contributed by atoms with E-state index in [2.05, 4.69) is 31.9 Å². The molecule has 0 aliphatic rings. The Balaban J connectivity index is 1.75. The van der Waals surface area contributed by atoms with E-state index in [4.69, 9.17) is 18.9 Å². The molecule has 0 spiro atoms. The number of alkyl halides is 2. The first-order chi connectivity index (χ1) is 22.9. The molecule has 0 atom stereocenters. The number of carbonyl (C=O) groups is 2. The number of carbonyl (C=O) groups excluding carboxylic acids is 2. The van der Waals surface area contributed by atoms with Crippen molar-refractivity contribution in [1.82, 2.24) is 0 Å². The molecule has 0 fully saturated rings. The topological polar surface area (TPSA) is 71.1 Å². The van der Waals surface area contributed by atoms with E-state index < -0.39 is 5.41 Å². The highest BCUT2D eigenvalue weighted by molar-refractivity contribution is 9.09. The Labute approximate surface area is 293 Å². The summed E-state index contributed by atoms with van der Waals surface area (Å²) >= 11 is 6.74. The molecule has 0 saturated carbocycles. The lowest BCUT2D eigenvalue weighted by molar-refractivity contribution is -0.135. The van der Waals surface area contributed by atoms with Crippen LogP contribution in [0, 0.1) is 5.41 Å². The third kappa shape index (κ3) is 9.92. The molecule has 0 heterocycles. The van der Waals surface area contributed by atoms with Gasteiger partial charge in [0.2, 0.25) is 0 Å². The minimum atomic E-state index is -1.41. The molecule has 0 saturated heterocycles. The van der Waals surface area contributed by atoms with Gasteiger partial charge in [0.1, 0.15) is 5.41 Å². The van der Waals surface area contributed by atoms with Crippen molar-refractivity contribution in [2.45, 2.75) is 12.8 Å². The Morgan fingerprint density at radius 1 is 0.596 bits per heavy atom. The maximum atomic E-state index is 14.5. The van der Waals surface area contributed by atoms with Gasteiger partial charge in [-0.2, -0.15) is 0 Å². The lowest BCUT2D eigenvalue weighted by Gasteiger charge is -2.29. The van der Waals surface area contributed by atoms with E-state index in [0.717, 1.165) is 22.3 Å². The molecule has 0 unspecified atom stereocenters. The van der Waals surface area contributed by atoms with Crippen LogP contribution in [0.25, 0.3) is 12.2 Å². The Bertz CT molecular complexity index is 1540. The molecule has 0 aliphatic heterocycles. The van der Waals surface area contributed by atoms with Gasteiger partial charge in [-0.3, -0.25) is 9.59 Å². The van der Waals surface area contributed by atoms with Crippen molar-refractivity contribution in [2.24, 2.45) is 5.41 Å². The van der Waals surface area contributed by atoms with Crippen LogP contribution < -0.4 is 18.9 Å². The molecule has 8 heteroatoms. The minimum Gasteiger partial charge on any atom is -0.493 e. The molecule has 244 valence electrons. The van der Waals surface area contributed by atoms with Crippen molar-refractivity contribution < 1.29 is 28.5 Å². The number of hydrogen-bond acceptors (Lipinski definition) is 6. The average Bonchev–Trinajstić information content (AvgIpc) is 3.11. The van der Waals surface area contributed by atoms with Crippen LogP contribution >= 0.6 is 31.9 Å². The molecular weight excluding hydrogens is 724 g/mol. The third-order valence-corrected chi connectivity index (χ3v) is 8.19. The number of methoxy groups -OCH3 is 2. The molecule has 0 N–H and O–H groups in total. The van der Waals surface area contributed by atoms with Gasteiger partial charge in [0.15, 0.2) is 34.6 Å². The minimum absolute atomic E-state index is 0.223. The Morgan fingerprint density at radius 3 is 1.36 bits per heavy atom.